The lowest BCUT2D eigenvalue weighted by molar-refractivity contribution is 0.245. The molecule has 0 radical (unpaired) electrons. The first-order chi connectivity index (χ1) is 10.6. The number of aliphatic hydroxyl groups excluding tert-OH is 1. The van der Waals surface area contributed by atoms with Gasteiger partial charge in [0.25, 0.3) is 0 Å². The van der Waals surface area contributed by atoms with Gasteiger partial charge in [0, 0.05) is 31.8 Å². The van der Waals surface area contributed by atoms with Crippen molar-refractivity contribution >= 4 is 5.76 Å². The molecule has 0 amide bonds. The van der Waals surface area contributed by atoms with E-state index in [1.165, 1.54) is 19.3 Å². The van der Waals surface area contributed by atoms with Gasteiger partial charge in [-0.3, -0.25) is 4.90 Å². The number of rotatable bonds is 5. The van der Waals surface area contributed by atoms with Gasteiger partial charge in [-0.05, 0) is 25.9 Å². The molecule has 1 N–H and O–H groups in total. The third-order valence-electron chi connectivity index (χ3n) is 4.05. The van der Waals surface area contributed by atoms with Crippen LogP contribution in [0.5, 0.6) is 0 Å². The summed E-state index contributed by atoms with van der Waals surface area (Å²) in [7, 11) is 3.89. The van der Waals surface area contributed by atoms with Crippen LogP contribution in [0.1, 0.15) is 24.8 Å². The molecule has 0 aliphatic carbocycles. The minimum Gasteiger partial charge on any atom is -0.505 e. The van der Waals surface area contributed by atoms with E-state index in [-0.39, 0.29) is 5.76 Å². The number of likely N-dealkylation sites (tertiary alicyclic amines) is 1. The van der Waals surface area contributed by atoms with E-state index in [9.17, 15) is 5.11 Å². The second-order valence-electron chi connectivity index (χ2n) is 5.95. The smallest absolute Gasteiger partial charge is 0.147 e. The Morgan fingerprint density at radius 3 is 2.36 bits per heavy atom. The van der Waals surface area contributed by atoms with Crippen LogP contribution in [0.2, 0.25) is 0 Å². The molecular weight excluding hydrogens is 272 g/mol. The topological polar surface area (TPSA) is 26.7 Å². The number of benzene rings is 1. The van der Waals surface area contributed by atoms with Crippen molar-refractivity contribution in [3.05, 3.63) is 59.5 Å². The third kappa shape index (κ3) is 4.03. The number of hydrogen-bond acceptors (Lipinski definition) is 3. The van der Waals surface area contributed by atoms with Gasteiger partial charge in [-0.15, -0.1) is 5.73 Å². The van der Waals surface area contributed by atoms with E-state index in [1.54, 1.807) is 0 Å². The monoisotopic (exact) mass is 298 g/mol. The quantitative estimate of drug-likeness (QED) is 0.510. The number of aliphatic hydroxyl groups is 1. The lowest BCUT2D eigenvalue weighted by Crippen LogP contribution is -2.33. The predicted molar refractivity (Wildman–Crippen MR) is 92.6 cm³/mol. The summed E-state index contributed by atoms with van der Waals surface area (Å²) in [5, 5.41) is 10.7. The molecular formula is C19H26N2O. The van der Waals surface area contributed by atoms with E-state index >= 15 is 0 Å². The Bertz CT molecular complexity index is 562. The molecule has 1 aliphatic rings. The van der Waals surface area contributed by atoms with Gasteiger partial charge in [-0.25, -0.2) is 0 Å². The standard InChI is InChI=1S/C19H26N2O/c1-4-16(15-21-13-9-6-10-14-21)18(20(2)3)19(22)17-11-7-5-8-12-17/h5,7-8,11-12,22H,1,6,9-10,13-15H2,2-3H3/b19-18+. The summed E-state index contributed by atoms with van der Waals surface area (Å²) >= 11 is 0. The zero-order valence-corrected chi connectivity index (χ0v) is 13.7. The van der Waals surface area contributed by atoms with E-state index in [0.29, 0.717) is 0 Å². The van der Waals surface area contributed by atoms with Crippen molar-refractivity contribution in [3.8, 4) is 0 Å². The number of nitrogens with zero attached hydrogens (tertiary/aromatic N) is 2. The van der Waals surface area contributed by atoms with E-state index in [1.807, 2.05) is 49.3 Å². The van der Waals surface area contributed by atoms with Crippen molar-refractivity contribution in [1.29, 1.82) is 0 Å². The molecule has 3 nitrogen and oxygen atoms in total. The maximum atomic E-state index is 10.7. The molecule has 1 fully saturated rings. The first-order valence-electron chi connectivity index (χ1n) is 7.91. The Morgan fingerprint density at radius 2 is 1.82 bits per heavy atom. The molecule has 1 saturated heterocycles. The van der Waals surface area contributed by atoms with Crippen molar-refractivity contribution in [1.82, 2.24) is 9.80 Å². The molecule has 0 bridgehead atoms. The molecule has 22 heavy (non-hydrogen) atoms. The molecule has 0 unspecified atom stereocenters. The van der Waals surface area contributed by atoms with Crippen LogP contribution in [-0.4, -0.2) is 48.6 Å². The fourth-order valence-corrected chi connectivity index (χ4v) is 2.91. The molecule has 1 heterocycles. The highest BCUT2D eigenvalue weighted by atomic mass is 16.3. The fourth-order valence-electron chi connectivity index (χ4n) is 2.91. The van der Waals surface area contributed by atoms with Crippen molar-refractivity contribution in [2.75, 3.05) is 33.7 Å². The van der Waals surface area contributed by atoms with Crippen LogP contribution in [0.15, 0.2) is 53.9 Å². The van der Waals surface area contributed by atoms with Gasteiger partial charge in [-0.1, -0.05) is 43.3 Å². The fraction of sp³-hybridized carbons (Fsp3) is 0.421. The summed E-state index contributed by atoms with van der Waals surface area (Å²) in [5.41, 5.74) is 5.61. The van der Waals surface area contributed by atoms with E-state index in [0.717, 1.165) is 36.5 Å². The van der Waals surface area contributed by atoms with Crippen LogP contribution in [0.4, 0.5) is 0 Å². The minimum atomic E-state index is 0.286. The maximum Gasteiger partial charge on any atom is 0.147 e. The molecule has 1 aromatic carbocycles. The first kappa shape index (κ1) is 16.4. The molecule has 0 spiro atoms. The molecule has 2 rings (SSSR count). The van der Waals surface area contributed by atoms with Gasteiger partial charge in [0.05, 0.1) is 5.70 Å². The Kier molecular flexibility index (Phi) is 5.88. The van der Waals surface area contributed by atoms with E-state index < -0.39 is 0 Å². The summed E-state index contributed by atoms with van der Waals surface area (Å²) in [6.45, 7) is 6.85. The molecule has 118 valence electrons. The number of piperidine rings is 1. The highest BCUT2D eigenvalue weighted by Gasteiger charge is 2.19. The van der Waals surface area contributed by atoms with Gasteiger partial charge in [0.1, 0.15) is 5.76 Å². The Labute approximate surface area is 133 Å². The second-order valence-corrected chi connectivity index (χ2v) is 5.95. The predicted octanol–water partition coefficient (Wildman–Crippen LogP) is 3.67. The summed E-state index contributed by atoms with van der Waals surface area (Å²) in [6, 6.07) is 9.65. The van der Waals surface area contributed by atoms with Crippen LogP contribution < -0.4 is 0 Å². The largest absolute Gasteiger partial charge is 0.505 e. The lowest BCUT2D eigenvalue weighted by Gasteiger charge is -2.29. The molecule has 1 aromatic rings. The summed E-state index contributed by atoms with van der Waals surface area (Å²) < 4.78 is 0. The highest BCUT2D eigenvalue weighted by Crippen LogP contribution is 2.24. The van der Waals surface area contributed by atoms with Crippen molar-refractivity contribution in [3.63, 3.8) is 0 Å². The van der Waals surface area contributed by atoms with Crippen LogP contribution in [0, 0.1) is 0 Å². The minimum absolute atomic E-state index is 0.286. The second kappa shape index (κ2) is 7.88. The molecule has 0 aromatic heterocycles. The van der Waals surface area contributed by atoms with Crippen molar-refractivity contribution in [2.45, 2.75) is 19.3 Å². The average molecular weight is 298 g/mol. The van der Waals surface area contributed by atoms with Gasteiger partial charge >= 0.3 is 0 Å². The summed E-state index contributed by atoms with van der Waals surface area (Å²) in [4.78, 5) is 4.36. The highest BCUT2D eigenvalue weighted by molar-refractivity contribution is 5.65. The Hall–Kier alpha value is -1.96. The number of likely N-dealkylation sites (N-methyl/N-ethyl adjacent to an activating group) is 1. The van der Waals surface area contributed by atoms with Crippen LogP contribution >= 0.6 is 0 Å². The zero-order chi connectivity index (χ0) is 15.9. The van der Waals surface area contributed by atoms with E-state index in [4.69, 9.17) is 0 Å². The first-order valence-corrected chi connectivity index (χ1v) is 7.91. The lowest BCUT2D eigenvalue weighted by atomic mass is 10.0. The van der Waals surface area contributed by atoms with E-state index in [2.05, 4.69) is 17.2 Å². The number of hydrogen-bond donors (Lipinski definition) is 1. The maximum absolute atomic E-state index is 10.7. The summed E-state index contributed by atoms with van der Waals surface area (Å²) in [6.07, 6.45) is 3.81. The summed E-state index contributed by atoms with van der Waals surface area (Å²) in [5.74, 6) is 0.286. The van der Waals surface area contributed by atoms with Crippen molar-refractivity contribution < 1.29 is 5.11 Å². The Morgan fingerprint density at radius 1 is 1.18 bits per heavy atom. The van der Waals surface area contributed by atoms with Gasteiger partial charge in [0.15, 0.2) is 0 Å². The normalized spacial score (nSPS) is 16.6. The van der Waals surface area contributed by atoms with Crippen molar-refractivity contribution in [2.24, 2.45) is 0 Å². The van der Waals surface area contributed by atoms with Gasteiger partial charge < -0.3 is 10.0 Å². The van der Waals surface area contributed by atoms with Crippen LogP contribution in [-0.2, 0) is 0 Å². The molecule has 0 saturated carbocycles. The van der Waals surface area contributed by atoms with Crippen LogP contribution in [0.25, 0.3) is 5.76 Å². The average Bonchev–Trinajstić information content (AvgIpc) is 2.55. The molecule has 1 aliphatic heterocycles. The van der Waals surface area contributed by atoms with Crippen LogP contribution in [0.3, 0.4) is 0 Å². The Balaban J connectivity index is 2.30. The molecule has 0 atom stereocenters. The van der Waals surface area contributed by atoms with Gasteiger partial charge in [-0.2, -0.15) is 0 Å². The zero-order valence-electron chi connectivity index (χ0n) is 13.7. The SMILES string of the molecule is C=C=C(CN1CCCCC1)/C(=C(\O)c1ccccc1)N(C)C. The molecule has 3 heteroatoms. The van der Waals surface area contributed by atoms with Gasteiger partial charge in [0.2, 0.25) is 0 Å². The third-order valence-corrected chi connectivity index (χ3v) is 4.05.